The number of aromatic nitrogens is 3. The maximum absolute atomic E-state index is 5.50. The van der Waals surface area contributed by atoms with Crippen molar-refractivity contribution < 1.29 is 4.74 Å². The van der Waals surface area contributed by atoms with Gasteiger partial charge in [0.05, 0.1) is 25.0 Å². The number of pyridine rings is 1. The van der Waals surface area contributed by atoms with Crippen LogP contribution in [0.4, 0.5) is 0 Å². The van der Waals surface area contributed by atoms with Crippen LogP contribution in [0.2, 0.25) is 0 Å². The molecule has 0 amide bonds. The molecule has 1 unspecified atom stereocenters. The van der Waals surface area contributed by atoms with Crippen molar-refractivity contribution in [2.45, 2.75) is 39.3 Å². The highest BCUT2D eigenvalue weighted by atomic mass is 16.5. The van der Waals surface area contributed by atoms with Crippen molar-refractivity contribution in [1.29, 1.82) is 0 Å². The Bertz CT molecular complexity index is 538. The van der Waals surface area contributed by atoms with Crippen LogP contribution in [0.15, 0.2) is 30.7 Å². The molecule has 1 N–H and O–H groups in total. The van der Waals surface area contributed by atoms with Crippen molar-refractivity contribution in [3.63, 3.8) is 0 Å². The van der Waals surface area contributed by atoms with Gasteiger partial charge >= 0.3 is 0 Å². The predicted octanol–water partition coefficient (Wildman–Crippen LogP) is 2.59. The van der Waals surface area contributed by atoms with Crippen molar-refractivity contribution >= 4 is 0 Å². The Labute approximate surface area is 126 Å². The van der Waals surface area contributed by atoms with Crippen LogP contribution in [-0.2, 0) is 13.0 Å². The molecular weight excluding hydrogens is 264 g/mol. The van der Waals surface area contributed by atoms with Crippen molar-refractivity contribution in [2.75, 3.05) is 13.7 Å². The van der Waals surface area contributed by atoms with E-state index in [0.717, 1.165) is 37.4 Å². The predicted molar refractivity (Wildman–Crippen MR) is 83.4 cm³/mol. The van der Waals surface area contributed by atoms with E-state index in [4.69, 9.17) is 4.74 Å². The molecule has 0 aliphatic rings. The fourth-order valence-corrected chi connectivity index (χ4v) is 2.54. The fourth-order valence-electron chi connectivity index (χ4n) is 2.54. The highest BCUT2D eigenvalue weighted by Crippen LogP contribution is 2.27. The molecule has 0 radical (unpaired) electrons. The molecule has 0 fully saturated rings. The van der Waals surface area contributed by atoms with E-state index in [2.05, 4.69) is 35.3 Å². The van der Waals surface area contributed by atoms with Gasteiger partial charge in [0.2, 0.25) is 0 Å². The van der Waals surface area contributed by atoms with Crippen molar-refractivity contribution in [3.8, 4) is 5.75 Å². The van der Waals surface area contributed by atoms with Gasteiger partial charge in [-0.3, -0.25) is 9.67 Å². The number of nitrogens with one attached hydrogen (secondary N) is 1. The lowest BCUT2D eigenvalue weighted by Crippen LogP contribution is -2.26. The topological polar surface area (TPSA) is 52.0 Å². The second-order valence-electron chi connectivity index (χ2n) is 5.00. The van der Waals surface area contributed by atoms with E-state index < -0.39 is 0 Å². The van der Waals surface area contributed by atoms with Crippen molar-refractivity contribution in [2.24, 2.45) is 0 Å². The number of likely N-dealkylation sites (N-methyl/N-ethyl adjacent to an activating group) is 1. The van der Waals surface area contributed by atoms with Gasteiger partial charge in [-0.05, 0) is 31.0 Å². The summed E-state index contributed by atoms with van der Waals surface area (Å²) in [5, 5.41) is 8.00. The van der Waals surface area contributed by atoms with E-state index in [1.165, 1.54) is 5.56 Å². The van der Waals surface area contributed by atoms with Gasteiger partial charge in [0, 0.05) is 18.9 Å². The highest BCUT2D eigenvalue weighted by Gasteiger charge is 2.21. The first-order valence-corrected chi connectivity index (χ1v) is 7.52. The monoisotopic (exact) mass is 288 g/mol. The number of nitrogens with zero attached hydrogens (tertiary/aromatic N) is 3. The van der Waals surface area contributed by atoms with Crippen LogP contribution in [0.1, 0.15) is 37.6 Å². The Kier molecular flexibility index (Phi) is 5.75. The highest BCUT2D eigenvalue weighted by molar-refractivity contribution is 5.30. The van der Waals surface area contributed by atoms with E-state index in [-0.39, 0.29) is 6.04 Å². The lowest BCUT2D eigenvalue weighted by molar-refractivity contribution is 0.390. The second kappa shape index (κ2) is 7.78. The van der Waals surface area contributed by atoms with Crippen LogP contribution < -0.4 is 10.1 Å². The van der Waals surface area contributed by atoms with Gasteiger partial charge in [0.25, 0.3) is 0 Å². The average molecular weight is 288 g/mol. The maximum Gasteiger partial charge on any atom is 0.161 e. The average Bonchev–Trinajstić information content (AvgIpc) is 2.91. The van der Waals surface area contributed by atoms with Gasteiger partial charge < -0.3 is 10.1 Å². The molecule has 0 aliphatic carbocycles. The van der Waals surface area contributed by atoms with E-state index in [9.17, 15) is 0 Å². The molecule has 0 bridgehead atoms. The molecule has 0 aromatic carbocycles. The molecule has 2 aromatic heterocycles. The minimum atomic E-state index is 0.170. The molecule has 2 rings (SSSR count). The van der Waals surface area contributed by atoms with Gasteiger partial charge in [0.1, 0.15) is 0 Å². The summed E-state index contributed by atoms with van der Waals surface area (Å²) < 4.78 is 7.54. The molecule has 0 aliphatic heterocycles. The first-order chi connectivity index (χ1) is 10.3. The van der Waals surface area contributed by atoms with Crippen LogP contribution in [0.5, 0.6) is 5.75 Å². The summed E-state index contributed by atoms with van der Waals surface area (Å²) in [4.78, 5) is 4.20. The maximum atomic E-state index is 5.50. The number of rotatable bonds is 8. The SMILES string of the molecule is CCCn1ncc(OC)c1C(Cc1cccnc1)NCC. The molecule has 0 saturated heterocycles. The summed E-state index contributed by atoms with van der Waals surface area (Å²) in [6, 6.07) is 4.24. The van der Waals surface area contributed by atoms with Gasteiger partial charge in [-0.1, -0.05) is 19.9 Å². The number of ether oxygens (including phenoxy) is 1. The van der Waals surface area contributed by atoms with E-state index in [0.29, 0.717) is 0 Å². The Morgan fingerprint density at radius 3 is 2.81 bits per heavy atom. The first-order valence-electron chi connectivity index (χ1n) is 7.52. The molecule has 21 heavy (non-hydrogen) atoms. The second-order valence-corrected chi connectivity index (χ2v) is 5.00. The lowest BCUT2D eigenvalue weighted by atomic mass is 10.0. The van der Waals surface area contributed by atoms with Gasteiger partial charge in [-0.25, -0.2) is 0 Å². The number of hydrogen-bond acceptors (Lipinski definition) is 4. The molecule has 2 heterocycles. The first kappa shape index (κ1) is 15.5. The molecule has 2 aromatic rings. The molecule has 0 spiro atoms. The van der Waals surface area contributed by atoms with Crippen molar-refractivity contribution in [1.82, 2.24) is 20.1 Å². The number of hydrogen-bond donors (Lipinski definition) is 1. The molecule has 0 saturated carbocycles. The Balaban J connectivity index is 2.30. The van der Waals surface area contributed by atoms with Gasteiger partial charge in [0.15, 0.2) is 5.75 Å². The summed E-state index contributed by atoms with van der Waals surface area (Å²) in [7, 11) is 1.70. The molecule has 5 heteroatoms. The lowest BCUT2D eigenvalue weighted by Gasteiger charge is -2.20. The molecular formula is C16H24N4O. The smallest absolute Gasteiger partial charge is 0.161 e. The van der Waals surface area contributed by atoms with Gasteiger partial charge in [-0.15, -0.1) is 0 Å². The van der Waals surface area contributed by atoms with Gasteiger partial charge in [-0.2, -0.15) is 5.10 Å². The van der Waals surface area contributed by atoms with Crippen LogP contribution in [0.3, 0.4) is 0 Å². The quantitative estimate of drug-likeness (QED) is 0.811. The van der Waals surface area contributed by atoms with Crippen LogP contribution in [-0.4, -0.2) is 28.4 Å². The summed E-state index contributed by atoms with van der Waals surface area (Å²) in [6.07, 6.45) is 7.43. The molecule has 5 nitrogen and oxygen atoms in total. The Hall–Kier alpha value is -1.88. The Morgan fingerprint density at radius 2 is 2.19 bits per heavy atom. The zero-order valence-corrected chi connectivity index (χ0v) is 13.0. The third kappa shape index (κ3) is 3.82. The standard InChI is InChI=1S/C16H24N4O/c1-4-9-20-16(15(21-3)12-19-20)14(18-5-2)10-13-7-6-8-17-11-13/h6-8,11-12,14,18H,4-5,9-10H2,1-3H3. The molecule has 114 valence electrons. The van der Waals surface area contributed by atoms with E-state index in [1.54, 1.807) is 19.5 Å². The number of aryl methyl sites for hydroxylation is 1. The summed E-state index contributed by atoms with van der Waals surface area (Å²) in [6.45, 7) is 6.06. The van der Waals surface area contributed by atoms with E-state index >= 15 is 0 Å². The summed E-state index contributed by atoms with van der Waals surface area (Å²) >= 11 is 0. The van der Waals surface area contributed by atoms with Crippen LogP contribution >= 0.6 is 0 Å². The Morgan fingerprint density at radius 1 is 1.33 bits per heavy atom. The minimum Gasteiger partial charge on any atom is -0.493 e. The largest absolute Gasteiger partial charge is 0.493 e. The fraction of sp³-hybridized carbons (Fsp3) is 0.500. The third-order valence-electron chi connectivity index (χ3n) is 3.44. The van der Waals surface area contributed by atoms with Crippen LogP contribution in [0, 0.1) is 0 Å². The summed E-state index contributed by atoms with van der Waals surface area (Å²) in [5.74, 6) is 0.846. The summed E-state index contributed by atoms with van der Waals surface area (Å²) in [5.41, 5.74) is 2.32. The van der Waals surface area contributed by atoms with Crippen LogP contribution in [0.25, 0.3) is 0 Å². The molecule has 1 atom stereocenters. The number of methoxy groups -OCH3 is 1. The zero-order valence-electron chi connectivity index (χ0n) is 13.0. The minimum absolute atomic E-state index is 0.170. The normalized spacial score (nSPS) is 12.3. The van der Waals surface area contributed by atoms with E-state index in [1.807, 2.05) is 16.9 Å². The van der Waals surface area contributed by atoms with Crippen molar-refractivity contribution in [3.05, 3.63) is 42.0 Å². The third-order valence-corrected chi connectivity index (χ3v) is 3.44. The zero-order chi connectivity index (χ0) is 15.1.